The summed E-state index contributed by atoms with van der Waals surface area (Å²) in [5.41, 5.74) is 0. The molecular formula is C15H30. The average Bonchev–Trinajstić information content (AvgIpc) is 2.94. The zero-order valence-electron chi connectivity index (χ0n) is 11.4. The maximum Gasteiger partial charge on any atom is -0.0352 e. The SMILES string of the molecule is CC.CC.CC1CC2CC1C1CCCC21. The highest BCUT2D eigenvalue weighted by molar-refractivity contribution is 5.01. The zero-order chi connectivity index (χ0) is 11.4. The number of rotatable bonds is 0. The summed E-state index contributed by atoms with van der Waals surface area (Å²) in [5, 5.41) is 0. The van der Waals surface area contributed by atoms with Crippen molar-refractivity contribution in [3.63, 3.8) is 0 Å². The van der Waals surface area contributed by atoms with Crippen LogP contribution in [-0.2, 0) is 0 Å². The van der Waals surface area contributed by atoms with Crippen molar-refractivity contribution in [1.29, 1.82) is 0 Å². The molecule has 5 unspecified atom stereocenters. The monoisotopic (exact) mass is 210 g/mol. The van der Waals surface area contributed by atoms with Crippen molar-refractivity contribution in [1.82, 2.24) is 0 Å². The largest absolute Gasteiger partial charge is 0.0683 e. The van der Waals surface area contributed by atoms with E-state index in [-0.39, 0.29) is 0 Å². The summed E-state index contributed by atoms with van der Waals surface area (Å²) in [4.78, 5) is 0. The summed E-state index contributed by atoms with van der Waals surface area (Å²) < 4.78 is 0. The molecule has 0 nitrogen and oxygen atoms in total. The molecule has 0 radical (unpaired) electrons. The Morgan fingerprint density at radius 3 is 2.00 bits per heavy atom. The van der Waals surface area contributed by atoms with Crippen molar-refractivity contribution >= 4 is 0 Å². The van der Waals surface area contributed by atoms with Crippen molar-refractivity contribution in [3.8, 4) is 0 Å². The molecule has 5 atom stereocenters. The summed E-state index contributed by atoms with van der Waals surface area (Å²) in [6.45, 7) is 10.5. The number of hydrogen-bond acceptors (Lipinski definition) is 0. The van der Waals surface area contributed by atoms with E-state index < -0.39 is 0 Å². The molecule has 2 bridgehead atoms. The smallest absolute Gasteiger partial charge is 0.0352 e. The molecule has 0 aliphatic heterocycles. The molecule has 3 aliphatic rings. The van der Waals surface area contributed by atoms with Crippen LogP contribution in [0.25, 0.3) is 0 Å². The Hall–Kier alpha value is 0. The summed E-state index contributed by atoms with van der Waals surface area (Å²) in [5.74, 6) is 5.79. The molecule has 0 heteroatoms. The zero-order valence-corrected chi connectivity index (χ0v) is 11.4. The van der Waals surface area contributed by atoms with Gasteiger partial charge in [-0.3, -0.25) is 0 Å². The van der Waals surface area contributed by atoms with Gasteiger partial charge in [0.1, 0.15) is 0 Å². The highest BCUT2D eigenvalue weighted by Crippen LogP contribution is 2.60. The molecule has 3 aliphatic carbocycles. The number of hydrogen-bond donors (Lipinski definition) is 0. The van der Waals surface area contributed by atoms with E-state index in [4.69, 9.17) is 0 Å². The Morgan fingerprint density at radius 2 is 1.33 bits per heavy atom. The lowest BCUT2D eigenvalue weighted by Gasteiger charge is -2.29. The number of fused-ring (bicyclic) bond motifs is 5. The molecule has 3 rings (SSSR count). The van der Waals surface area contributed by atoms with Crippen LogP contribution in [0.2, 0.25) is 0 Å². The van der Waals surface area contributed by atoms with Gasteiger partial charge in [0.15, 0.2) is 0 Å². The Bertz CT molecular complexity index is 173. The van der Waals surface area contributed by atoms with Crippen LogP contribution in [0, 0.1) is 29.6 Å². The second-order valence-corrected chi connectivity index (χ2v) is 5.13. The molecule has 0 spiro atoms. The van der Waals surface area contributed by atoms with E-state index in [0.717, 1.165) is 11.8 Å². The molecule has 0 heterocycles. The molecule has 90 valence electrons. The lowest BCUT2D eigenvalue weighted by atomic mass is 9.77. The highest BCUT2D eigenvalue weighted by atomic mass is 14.6. The summed E-state index contributed by atoms with van der Waals surface area (Å²) in [7, 11) is 0. The molecule has 0 amide bonds. The summed E-state index contributed by atoms with van der Waals surface area (Å²) in [6.07, 6.45) is 7.89. The molecule has 3 saturated carbocycles. The molecule has 3 fully saturated rings. The van der Waals surface area contributed by atoms with Gasteiger partial charge in [0.2, 0.25) is 0 Å². The van der Waals surface area contributed by atoms with Crippen LogP contribution in [0.1, 0.15) is 66.7 Å². The Kier molecular flexibility index (Phi) is 5.15. The van der Waals surface area contributed by atoms with Crippen LogP contribution in [0.5, 0.6) is 0 Å². The van der Waals surface area contributed by atoms with Gasteiger partial charge in [-0.15, -0.1) is 0 Å². The minimum atomic E-state index is 1.08. The third kappa shape index (κ3) is 2.24. The van der Waals surface area contributed by atoms with Gasteiger partial charge in [0.25, 0.3) is 0 Å². The normalized spacial score (nSPS) is 45.0. The molecule has 0 aromatic heterocycles. The van der Waals surface area contributed by atoms with Gasteiger partial charge in [-0.25, -0.2) is 0 Å². The molecule has 0 aromatic carbocycles. The van der Waals surface area contributed by atoms with Crippen LogP contribution in [-0.4, -0.2) is 0 Å². The maximum absolute atomic E-state index is 2.49. The molecule has 15 heavy (non-hydrogen) atoms. The van der Waals surface area contributed by atoms with Gasteiger partial charge in [0.05, 0.1) is 0 Å². The van der Waals surface area contributed by atoms with Crippen molar-refractivity contribution in [2.24, 2.45) is 29.6 Å². The summed E-state index contributed by atoms with van der Waals surface area (Å²) >= 11 is 0. The first-order valence-electron chi connectivity index (χ1n) is 7.36. The maximum atomic E-state index is 2.49. The first-order chi connectivity index (χ1) is 7.36. The van der Waals surface area contributed by atoms with Gasteiger partial charge in [-0.1, -0.05) is 41.0 Å². The van der Waals surface area contributed by atoms with Gasteiger partial charge in [-0.2, -0.15) is 0 Å². The summed E-state index contributed by atoms with van der Waals surface area (Å²) in [6, 6.07) is 0. The average molecular weight is 210 g/mol. The van der Waals surface area contributed by atoms with E-state index in [1.807, 2.05) is 27.7 Å². The second kappa shape index (κ2) is 5.92. The van der Waals surface area contributed by atoms with Crippen LogP contribution < -0.4 is 0 Å². The van der Waals surface area contributed by atoms with Crippen molar-refractivity contribution in [3.05, 3.63) is 0 Å². The highest BCUT2D eigenvalue weighted by Gasteiger charge is 2.52. The first-order valence-corrected chi connectivity index (χ1v) is 7.36. The quantitative estimate of drug-likeness (QED) is 0.520. The Morgan fingerprint density at radius 1 is 0.733 bits per heavy atom. The molecule has 0 N–H and O–H groups in total. The van der Waals surface area contributed by atoms with Gasteiger partial charge in [-0.05, 0) is 55.3 Å². The third-order valence-corrected chi connectivity index (χ3v) is 4.76. The lowest BCUT2D eigenvalue weighted by molar-refractivity contribution is 0.201. The van der Waals surface area contributed by atoms with Gasteiger partial charge < -0.3 is 0 Å². The van der Waals surface area contributed by atoms with Crippen LogP contribution >= 0.6 is 0 Å². The van der Waals surface area contributed by atoms with Crippen molar-refractivity contribution in [2.75, 3.05) is 0 Å². The first kappa shape index (κ1) is 13.1. The lowest BCUT2D eigenvalue weighted by Crippen LogP contribution is -2.22. The van der Waals surface area contributed by atoms with Crippen molar-refractivity contribution < 1.29 is 0 Å². The van der Waals surface area contributed by atoms with E-state index in [1.165, 1.54) is 17.8 Å². The molecular weight excluding hydrogens is 180 g/mol. The standard InChI is InChI=1S/C11H18.2C2H6/c1-7-5-8-6-11(7)10-4-2-3-9(8)10;2*1-2/h7-11H,2-6H2,1H3;2*1-2H3. The van der Waals surface area contributed by atoms with Crippen molar-refractivity contribution in [2.45, 2.75) is 66.7 Å². The van der Waals surface area contributed by atoms with Gasteiger partial charge in [0, 0.05) is 0 Å². The topological polar surface area (TPSA) is 0 Å². The van der Waals surface area contributed by atoms with Gasteiger partial charge >= 0.3 is 0 Å². The third-order valence-electron chi connectivity index (χ3n) is 4.76. The minimum Gasteiger partial charge on any atom is -0.0683 e. The fraction of sp³-hybridized carbons (Fsp3) is 1.00. The fourth-order valence-electron chi connectivity index (χ4n) is 4.41. The Balaban J connectivity index is 0.000000255. The van der Waals surface area contributed by atoms with Crippen LogP contribution in [0.4, 0.5) is 0 Å². The van der Waals surface area contributed by atoms with E-state index >= 15 is 0 Å². The van der Waals surface area contributed by atoms with Crippen LogP contribution in [0.15, 0.2) is 0 Å². The molecule has 0 aromatic rings. The predicted octanol–water partition coefficient (Wildman–Crippen LogP) is 5.13. The molecule has 0 saturated heterocycles. The van der Waals surface area contributed by atoms with E-state index in [0.29, 0.717) is 0 Å². The van der Waals surface area contributed by atoms with Crippen LogP contribution in [0.3, 0.4) is 0 Å². The van der Waals surface area contributed by atoms with E-state index in [9.17, 15) is 0 Å². The van der Waals surface area contributed by atoms with E-state index in [2.05, 4.69) is 6.92 Å². The minimum absolute atomic E-state index is 1.08. The fourth-order valence-corrected chi connectivity index (χ4v) is 4.41. The second-order valence-electron chi connectivity index (χ2n) is 5.13. The van der Waals surface area contributed by atoms with E-state index in [1.54, 1.807) is 32.1 Å². The Labute approximate surface area is 96.8 Å². The predicted molar refractivity (Wildman–Crippen MR) is 68.9 cm³/mol.